The predicted octanol–water partition coefficient (Wildman–Crippen LogP) is 3.89. The Labute approximate surface area is 202 Å². The van der Waals surface area contributed by atoms with E-state index in [1.807, 2.05) is 71.6 Å². The van der Waals surface area contributed by atoms with Gasteiger partial charge in [-0.2, -0.15) is 0 Å². The number of carbonyl (C=O) groups excluding carboxylic acids is 1. The minimum absolute atomic E-state index is 0.0754. The van der Waals surface area contributed by atoms with Crippen LogP contribution >= 0.6 is 11.8 Å². The lowest BCUT2D eigenvalue weighted by molar-refractivity contribution is -0.128. The van der Waals surface area contributed by atoms with Crippen molar-refractivity contribution >= 4 is 34.3 Å². The maximum Gasteiger partial charge on any atom is 0.262 e. The first-order valence-corrected chi connectivity index (χ1v) is 12.4. The van der Waals surface area contributed by atoms with Gasteiger partial charge < -0.3 is 9.80 Å². The Morgan fingerprint density at radius 1 is 0.824 bits per heavy atom. The zero-order valence-corrected chi connectivity index (χ0v) is 19.7. The summed E-state index contributed by atoms with van der Waals surface area (Å²) in [5.41, 5.74) is 2.78. The van der Waals surface area contributed by atoms with Crippen molar-refractivity contribution in [1.29, 1.82) is 0 Å². The van der Waals surface area contributed by atoms with Crippen molar-refractivity contribution in [2.45, 2.75) is 11.7 Å². The summed E-state index contributed by atoms with van der Waals surface area (Å²) in [7, 11) is 0. The molecule has 1 aromatic heterocycles. The van der Waals surface area contributed by atoms with Gasteiger partial charge in [-0.25, -0.2) is 4.98 Å². The van der Waals surface area contributed by atoms with Crippen LogP contribution in [0.4, 0.5) is 5.69 Å². The largest absolute Gasteiger partial charge is 0.368 e. The number of thioether (sulfide) groups is 1. The number of benzene rings is 3. The molecule has 2 heterocycles. The van der Waals surface area contributed by atoms with E-state index in [4.69, 9.17) is 4.98 Å². The van der Waals surface area contributed by atoms with Gasteiger partial charge in [0.15, 0.2) is 5.16 Å². The monoisotopic (exact) mass is 470 g/mol. The highest BCUT2D eigenvalue weighted by atomic mass is 32.2. The third-order valence-electron chi connectivity index (χ3n) is 6.09. The lowest BCUT2D eigenvalue weighted by atomic mass is 10.2. The summed E-state index contributed by atoms with van der Waals surface area (Å²) in [6.07, 6.45) is 0. The van der Waals surface area contributed by atoms with Gasteiger partial charge in [0.1, 0.15) is 0 Å². The molecule has 0 atom stereocenters. The fraction of sp³-hybridized carbons (Fsp3) is 0.222. The van der Waals surface area contributed by atoms with Crippen LogP contribution in [0.3, 0.4) is 0 Å². The number of hydrogen-bond donors (Lipinski definition) is 0. The minimum Gasteiger partial charge on any atom is -0.368 e. The van der Waals surface area contributed by atoms with E-state index in [9.17, 15) is 9.59 Å². The molecular formula is C27H26N4O2S. The molecule has 6 nitrogen and oxygen atoms in total. The van der Waals surface area contributed by atoms with E-state index in [1.165, 1.54) is 17.4 Å². The fourth-order valence-electron chi connectivity index (χ4n) is 4.23. The average Bonchev–Trinajstić information content (AvgIpc) is 2.90. The first kappa shape index (κ1) is 22.2. The third-order valence-corrected chi connectivity index (χ3v) is 7.05. The van der Waals surface area contributed by atoms with E-state index in [0.29, 0.717) is 35.7 Å². The molecule has 4 aromatic rings. The summed E-state index contributed by atoms with van der Waals surface area (Å²) >= 11 is 1.34. The molecule has 1 fully saturated rings. The van der Waals surface area contributed by atoms with Crippen molar-refractivity contribution in [1.82, 2.24) is 14.5 Å². The smallest absolute Gasteiger partial charge is 0.262 e. The SMILES string of the molecule is O=C(CSc1nc2ccccc2c(=O)n1Cc1ccccc1)N1CCN(c2ccccc2)CC1. The van der Waals surface area contributed by atoms with E-state index in [0.717, 1.165) is 18.7 Å². The molecule has 172 valence electrons. The normalized spacial score (nSPS) is 13.9. The second-order valence-corrected chi connectivity index (χ2v) is 9.22. The number of anilines is 1. The third kappa shape index (κ3) is 4.84. The molecule has 0 bridgehead atoms. The molecular weight excluding hydrogens is 444 g/mol. The Bertz CT molecular complexity index is 1330. The molecule has 0 radical (unpaired) electrons. The van der Waals surface area contributed by atoms with Crippen LogP contribution in [0.25, 0.3) is 10.9 Å². The highest BCUT2D eigenvalue weighted by Crippen LogP contribution is 2.21. The molecule has 1 saturated heterocycles. The van der Waals surface area contributed by atoms with E-state index in [-0.39, 0.29) is 17.2 Å². The molecule has 0 saturated carbocycles. The Hall–Kier alpha value is -3.58. The van der Waals surface area contributed by atoms with Crippen LogP contribution in [0.5, 0.6) is 0 Å². The number of carbonyl (C=O) groups is 1. The molecule has 0 spiro atoms. The molecule has 1 amide bonds. The zero-order valence-electron chi connectivity index (χ0n) is 18.8. The summed E-state index contributed by atoms with van der Waals surface area (Å²) in [6, 6.07) is 27.5. The van der Waals surface area contributed by atoms with Crippen molar-refractivity contribution in [3.8, 4) is 0 Å². The molecule has 34 heavy (non-hydrogen) atoms. The van der Waals surface area contributed by atoms with Gasteiger partial charge in [-0.3, -0.25) is 14.2 Å². The number of hydrogen-bond acceptors (Lipinski definition) is 5. The second kappa shape index (κ2) is 10.1. The van der Waals surface area contributed by atoms with Crippen molar-refractivity contribution in [2.24, 2.45) is 0 Å². The van der Waals surface area contributed by atoms with Crippen molar-refractivity contribution in [2.75, 3.05) is 36.8 Å². The van der Waals surface area contributed by atoms with Crippen molar-refractivity contribution < 1.29 is 4.79 Å². The van der Waals surface area contributed by atoms with Gasteiger partial charge in [-0.05, 0) is 29.8 Å². The van der Waals surface area contributed by atoms with Gasteiger partial charge in [-0.1, -0.05) is 72.4 Å². The number of amides is 1. The van der Waals surface area contributed by atoms with Gasteiger partial charge in [-0.15, -0.1) is 0 Å². The van der Waals surface area contributed by atoms with Crippen LogP contribution in [0.15, 0.2) is 94.9 Å². The summed E-state index contributed by atoms with van der Waals surface area (Å²) in [4.78, 5) is 35.2. The molecule has 7 heteroatoms. The lowest BCUT2D eigenvalue weighted by Crippen LogP contribution is -2.49. The van der Waals surface area contributed by atoms with Crippen molar-refractivity contribution in [3.63, 3.8) is 0 Å². The molecule has 3 aromatic carbocycles. The van der Waals surface area contributed by atoms with Crippen LogP contribution < -0.4 is 10.5 Å². The van der Waals surface area contributed by atoms with E-state index >= 15 is 0 Å². The van der Waals surface area contributed by atoms with Crippen LogP contribution in [0, 0.1) is 0 Å². The summed E-state index contributed by atoms with van der Waals surface area (Å²) in [6.45, 7) is 3.43. The molecule has 5 rings (SSSR count). The van der Waals surface area contributed by atoms with Crippen LogP contribution in [-0.2, 0) is 11.3 Å². The quantitative estimate of drug-likeness (QED) is 0.316. The standard InChI is InChI=1S/C27H26N4O2S/c32-25(30-17-15-29(16-18-30)22-11-5-2-6-12-22)20-34-27-28-24-14-8-7-13-23(24)26(33)31(27)19-21-9-3-1-4-10-21/h1-14H,15-20H2. The Kier molecular flexibility index (Phi) is 6.62. The predicted molar refractivity (Wildman–Crippen MR) is 138 cm³/mol. The van der Waals surface area contributed by atoms with Crippen LogP contribution in [0.2, 0.25) is 0 Å². The number of para-hydroxylation sites is 2. The Morgan fingerprint density at radius 2 is 1.47 bits per heavy atom. The van der Waals surface area contributed by atoms with Gasteiger partial charge in [0.05, 0.1) is 23.2 Å². The Balaban J connectivity index is 1.31. The lowest BCUT2D eigenvalue weighted by Gasteiger charge is -2.36. The maximum absolute atomic E-state index is 13.3. The molecule has 1 aliphatic rings. The molecule has 0 aliphatic carbocycles. The number of fused-ring (bicyclic) bond motifs is 1. The molecule has 1 aliphatic heterocycles. The number of aromatic nitrogens is 2. The number of piperazine rings is 1. The van der Waals surface area contributed by atoms with Crippen LogP contribution in [-0.4, -0.2) is 52.3 Å². The first-order valence-electron chi connectivity index (χ1n) is 11.4. The molecule has 0 unspecified atom stereocenters. The van der Waals surface area contributed by atoms with E-state index in [1.54, 1.807) is 10.6 Å². The Morgan fingerprint density at radius 3 is 2.21 bits per heavy atom. The van der Waals surface area contributed by atoms with Crippen LogP contribution in [0.1, 0.15) is 5.56 Å². The van der Waals surface area contributed by atoms with Gasteiger partial charge in [0.2, 0.25) is 5.91 Å². The van der Waals surface area contributed by atoms with Gasteiger partial charge >= 0.3 is 0 Å². The topological polar surface area (TPSA) is 58.4 Å². The zero-order chi connectivity index (χ0) is 23.3. The summed E-state index contributed by atoms with van der Waals surface area (Å²) in [5.74, 6) is 0.330. The van der Waals surface area contributed by atoms with E-state index < -0.39 is 0 Å². The highest BCUT2D eigenvalue weighted by molar-refractivity contribution is 7.99. The first-order chi connectivity index (χ1) is 16.7. The summed E-state index contributed by atoms with van der Waals surface area (Å²) in [5, 5.41) is 1.16. The van der Waals surface area contributed by atoms with Gasteiger partial charge in [0, 0.05) is 31.9 Å². The maximum atomic E-state index is 13.3. The van der Waals surface area contributed by atoms with Crippen molar-refractivity contribution in [3.05, 3.63) is 101 Å². The minimum atomic E-state index is -0.0825. The van der Waals surface area contributed by atoms with Gasteiger partial charge in [0.25, 0.3) is 5.56 Å². The highest BCUT2D eigenvalue weighted by Gasteiger charge is 2.22. The molecule has 0 N–H and O–H groups in total. The second-order valence-electron chi connectivity index (χ2n) is 8.28. The summed E-state index contributed by atoms with van der Waals surface area (Å²) < 4.78 is 1.68. The fourth-order valence-corrected chi connectivity index (χ4v) is 5.14. The number of nitrogens with zero attached hydrogens (tertiary/aromatic N) is 4. The number of rotatable bonds is 6. The average molecular weight is 471 g/mol. The van der Waals surface area contributed by atoms with E-state index in [2.05, 4.69) is 17.0 Å².